The third-order valence-electron chi connectivity index (χ3n) is 5.04. The molecule has 0 spiro atoms. The maximum atomic E-state index is 12.7. The van der Waals surface area contributed by atoms with Crippen molar-refractivity contribution in [3.05, 3.63) is 48.6 Å². The Hall–Kier alpha value is -2.63. The molecule has 2 fully saturated rings. The number of rotatable bonds is 4. The number of aromatic nitrogens is 1. The van der Waals surface area contributed by atoms with Crippen molar-refractivity contribution in [2.75, 3.05) is 18.4 Å². The molecule has 0 radical (unpaired) electrons. The summed E-state index contributed by atoms with van der Waals surface area (Å²) in [6, 6.07) is 9.19. The molecule has 3 heterocycles. The van der Waals surface area contributed by atoms with Crippen molar-refractivity contribution in [2.24, 2.45) is 11.8 Å². The summed E-state index contributed by atoms with van der Waals surface area (Å²) in [7, 11) is 0. The highest BCUT2D eigenvalue weighted by molar-refractivity contribution is 5.92. The first-order chi connectivity index (χ1) is 12.2. The fourth-order valence-electron chi connectivity index (χ4n) is 3.58. The molecule has 4 rings (SSSR count). The monoisotopic (exact) mass is 339 g/mol. The predicted octanol–water partition coefficient (Wildman–Crippen LogP) is 2.66. The van der Waals surface area contributed by atoms with Crippen LogP contribution >= 0.6 is 0 Å². The highest BCUT2D eigenvalue weighted by Crippen LogP contribution is 2.48. The van der Waals surface area contributed by atoms with Gasteiger partial charge in [-0.3, -0.25) is 9.59 Å². The van der Waals surface area contributed by atoms with Gasteiger partial charge >= 0.3 is 0 Å². The summed E-state index contributed by atoms with van der Waals surface area (Å²) in [6.45, 7) is 1.21. The summed E-state index contributed by atoms with van der Waals surface area (Å²) in [6.07, 6.45) is 5.79. The van der Waals surface area contributed by atoms with Gasteiger partial charge in [0.25, 0.3) is 0 Å². The van der Waals surface area contributed by atoms with Gasteiger partial charge in [-0.05, 0) is 43.5 Å². The van der Waals surface area contributed by atoms with Crippen LogP contribution in [0.4, 0.5) is 5.82 Å². The van der Waals surface area contributed by atoms with Crippen LogP contribution in [0, 0.1) is 11.8 Å². The highest BCUT2D eigenvalue weighted by Gasteiger charge is 2.48. The fraction of sp³-hybridized carbons (Fsp3) is 0.421. The summed E-state index contributed by atoms with van der Waals surface area (Å²) < 4.78 is 5.41. The highest BCUT2D eigenvalue weighted by atomic mass is 16.3. The van der Waals surface area contributed by atoms with Crippen LogP contribution < -0.4 is 5.32 Å². The Morgan fingerprint density at radius 3 is 2.92 bits per heavy atom. The molecule has 0 unspecified atom stereocenters. The molecule has 1 aliphatic carbocycles. The van der Waals surface area contributed by atoms with Crippen LogP contribution in [0.3, 0.4) is 0 Å². The quantitative estimate of drug-likeness (QED) is 0.929. The lowest BCUT2D eigenvalue weighted by Gasteiger charge is -2.32. The number of furan rings is 1. The van der Waals surface area contributed by atoms with Crippen molar-refractivity contribution in [2.45, 2.75) is 25.2 Å². The lowest BCUT2D eigenvalue weighted by atomic mass is 9.96. The smallest absolute Gasteiger partial charge is 0.230 e. The molecule has 3 atom stereocenters. The Kier molecular flexibility index (Phi) is 4.26. The standard InChI is InChI=1S/C19H21N3O3/c23-18(21-17-7-1-2-8-20-17)13-5-3-9-22(12-13)19(24)15-11-14(15)16-6-4-10-25-16/h1-2,4,6-8,10,13-15H,3,5,9,11-12H2,(H,20,21,23)/t13-,14-,15-/m1/s1. The number of amides is 2. The SMILES string of the molecule is O=C(Nc1ccccn1)[C@@H]1CCCN(C(=O)[C@@H]2C[C@H]2c2ccco2)C1. The van der Waals surface area contributed by atoms with E-state index in [9.17, 15) is 9.59 Å². The Morgan fingerprint density at radius 1 is 1.24 bits per heavy atom. The van der Waals surface area contributed by atoms with Crippen LogP contribution in [-0.4, -0.2) is 34.8 Å². The van der Waals surface area contributed by atoms with Gasteiger partial charge < -0.3 is 14.6 Å². The number of piperidine rings is 1. The molecule has 1 saturated carbocycles. The topological polar surface area (TPSA) is 75.4 Å². The first-order valence-corrected chi connectivity index (χ1v) is 8.76. The number of carbonyl (C=O) groups excluding carboxylic acids is 2. The molecule has 6 heteroatoms. The molecule has 25 heavy (non-hydrogen) atoms. The van der Waals surface area contributed by atoms with Crippen molar-refractivity contribution in [3.8, 4) is 0 Å². The number of likely N-dealkylation sites (tertiary alicyclic amines) is 1. The zero-order chi connectivity index (χ0) is 17.2. The van der Waals surface area contributed by atoms with Gasteiger partial charge in [-0.25, -0.2) is 4.98 Å². The second kappa shape index (κ2) is 6.70. The Morgan fingerprint density at radius 2 is 2.16 bits per heavy atom. The number of anilines is 1. The number of hydrogen-bond acceptors (Lipinski definition) is 4. The molecule has 2 aromatic heterocycles. The molecule has 0 bridgehead atoms. The molecular weight excluding hydrogens is 318 g/mol. The minimum absolute atomic E-state index is 0.00347. The molecule has 2 aliphatic rings. The summed E-state index contributed by atoms with van der Waals surface area (Å²) in [5.41, 5.74) is 0. The van der Waals surface area contributed by atoms with Gasteiger partial charge in [-0.1, -0.05) is 6.07 Å². The second-order valence-electron chi connectivity index (χ2n) is 6.79. The van der Waals surface area contributed by atoms with Gasteiger partial charge in [-0.15, -0.1) is 0 Å². The largest absolute Gasteiger partial charge is 0.469 e. The second-order valence-corrected chi connectivity index (χ2v) is 6.79. The van der Waals surface area contributed by atoms with Gasteiger partial charge in [0.15, 0.2) is 0 Å². The van der Waals surface area contributed by atoms with Crippen LogP contribution in [0.15, 0.2) is 47.2 Å². The van der Waals surface area contributed by atoms with Crippen molar-refractivity contribution in [1.29, 1.82) is 0 Å². The molecule has 0 aromatic carbocycles. The van der Waals surface area contributed by atoms with Crippen LogP contribution in [0.1, 0.15) is 30.9 Å². The van der Waals surface area contributed by atoms with Gasteiger partial charge in [0.05, 0.1) is 12.2 Å². The van der Waals surface area contributed by atoms with Crippen molar-refractivity contribution in [1.82, 2.24) is 9.88 Å². The third kappa shape index (κ3) is 3.43. The van der Waals surface area contributed by atoms with Gasteiger partial charge in [0.2, 0.25) is 11.8 Å². The molecule has 1 N–H and O–H groups in total. The van der Waals surface area contributed by atoms with Crippen LogP contribution in [-0.2, 0) is 9.59 Å². The first-order valence-electron chi connectivity index (χ1n) is 8.76. The average Bonchev–Trinajstić information content (AvgIpc) is 3.26. The summed E-state index contributed by atoms with van der Waals surface area (Å²) in [5.74, 6) is 1.55. The van der Waals surface area contributed by atoms with Gasteiger partial charge in [0.1, 0.15) is 11.6 Å². The predicted molar refractivity (Wildman–Crippen MR) is 91.7 cm³/mol. The van der Waals surface area contributed by atoms with E-state index < -0.39 is 0 Å². The average molecular weight is 339 g/mol. The lowest BCUT2D eigenvalue weighted by Crippen LogP contribution is -2.44. The van der Waals surface area contributed by atoms with Gasteiger partial charge in [-0.2, -0.15) is 0 Å². The number of nitrogens with zero attached hydrogens (tertiary/aromatic N) is 2. The normalized spacial score (nSPS) is 25.4. The molecule has 2 amide bonds. The number of pyridine rings is 1. The van der Waals surface area contributed by atoms with E-state index in [-0.39, 0.29) is 29.6 Å². The van der Waals surface area contributed by atoms with Gasteiger partial charge in [0, 0.05) is 31.1 Å². The fourth-order valence-corrected chi connectivity index (χ4v) is 3.58. The number of hydrogen-bond donors (Lipinski definition) is 1. The van der Waals surface area contributed by atoms with E-state index in [1.54, 1.807) is 18.5 Å². The summed E-state index contributed by atoms with van der Waals surface area (Å²) in [5, 5.41) is 2.84. The van der Waals surface area contributed by atoms with E-state index in [0.29, 0.717) is 12.4 Å². The lowest BCUT2D eigenvalue weighted by molar-refractivity contribution is -0.136. The molecule has 130 valence electrons. The molecular formula is C19H21N3O3. The van der Waals surface area contributed by atoms with Crippen LogP contribution in [0.2, 0.25) is 0 Å². The third-order valence-corrected chi connectivity index (χ3v) is 5.04. The zero-order valence-electron chi connectivity index (χ0n) is 13.9. The van der Waals surface area contributed by atoms with Crippen molar-refractivity contribution < 1.29 is 14.0 Å². The van der Waals surface area contributed by atoms with E-state index in [1.165, 1.54) is 0 Å². The molecule has 1 saturated heterocycles. The summed E-state index contributed by atoms with van der Waals surface area (Å²) in [4.78, 5) is 31.2. The van der Waals surface area contributed by atoms with E-state index in [4.69, 9.17) is 4.42 Å². The van der Waals surface area contributed by atoms with Crippen molar-refractivity contribution in [3.63, 3.8) is 0 Å². The minimum atomic E-state index is -0.180. The Bertz CT molecular complexity index is 745. The molecule has 1 aliphatic heterocycles. The number of carbonyl (C=O) groups is 2. The van der Waals surface area contributed by atoms with Crippen LogP contribution in [0.25, 0.3) is 0 Å². The Balaban J connectivity index is 1.35. The van der Waals surface area contributed by atoms with E-state index in [0.717, 1.165) is 31.6 Å². The first kappa shape index (κ1) is 15.9. The Labute approximate surface area is 146 Å². The van der Waals surface area contributed by atoms with E-state index in [2.05, 4.69) is 10.3 Å². The maximum Gasteiger partial charge on any atom is 0.230 e. The zero-order valence-corrected chi connectivity index (χ0v) is 13.9. The van der Waals surface area contributed by atoms with Crippen molar-refractivity contribution >= 4 is 17.6 Å². The molecule has 2 aromatic rings. The van der Waals surface area contributed by atoms with Crippen LogP contribution in [0.5, 0.6) is 0 Å². The van der Waals surface area contributed by atoms with E-state index in [1.807, 2.05) is 29.2 Å². The van der Waals surface area contributed by atoms with E-state index >= 15 is 0 Å². The molecule has 6 nitrogen and oxygen atoms in total. The summed E-state index contributed by atoms with van der Waals surface area (Å²) >= 11 is 0. The maximum absolute atomic E-state index is 12.7. The minimum Gasteiger partial charge on any atom is -0.469 e. The number of nitrogens with one attached hydrogen (secondary N) is 1.